The predicted octanol–water partition coefficient (Wildman–Crippen LogP) is 3.75. The van der Waals surface area contributed by atoms with Gasteiger partial charge in [0, 0.05) is 13.1 Å². The Morgan fingerprint density at radius 1 is 1.20 bits per heavy atom. The first-order valence-electron chi connectivity index (χ1n) is 6.42. The molecule has 0 heterocycles. The third kappa shape index (κ3) is 4.13. The lowest BCUT2D eigenvalue weighted by atomic mass is 10.1. The van der Waals surface area contributed by atoms with Crippen molar-refractivity contribution in [2.45, 2.75) is 12.6 Å². The number of benzene rings is 2. The number of nitrogens with zero attached hydrogens (tertiary/aromatic N) is 1. The Kier molecular flexibility index (Phi) is 5.29. The van der Waals surface area contributed by atoms with E-state index in [1.165, 1.54) is 6.07 Å². The van der Waals surface area contributed by atoms with Crippen LogP contribution in [-0.2, 0) is 6.54 Å². The molecule has 0 aliphatic carbocycles. The Bertz CT molecular complexity index is 562. The van der Waals surface area contributed by atoms with E-state index in [1.807, 2.05) is 42.3 Å². The summed E-state index contributed by atoms with van der Waals surface area (Å²) in [6.45, 7) is 1.18. The van der Waals surface area contributed by atoms with Gasteiger partial charge in [0.1, 0.15) is 5.82 Å². The molecule has 0 radical (unpaired) electrons. The van der Waals surface area contributed by atoms with Gasteiger partial charge in [0.05, 0.1) is 10.6 Å². The maximum Gasteiger partial charge on any atom is 0.137 e. The highest BCUT2D eigenvalue weighted by atomic mass is 79.9. The van der Waals surface area contributed by atoms with Crippen LogP contribution in [0.15, 0.2) is 53.0 Å². The van der Waals surface area contributed by atoms with Crippen LogP contribution in [0.3, 0.4) is 0 Å². The minimum Gasteiger partial charge on any atom is -0.387 e. The highest BCUT2D eigenvalue weighted by molar-refractivity contribution is 9.10. The monoisotopic (exact) mass is 337 g/mol. The van der Waals surface area contributed by atoms with Gasteiger partial charge in [0.2, 0.25) is 0 Å². The molecule has 0 spiro atoms. The predicted molar refractivity (Wildman–Crippen MR) is 81.8 cm³/mol. The third-order valence-corrected chi connectivity index (χ3v) is 3.71. The van der Waals surface area contributed by atoms with Crippen molar-refractivity contribution in [3.05, 3.63) is 69.9 Å². The van der Waals surface area contributed by atoms with Crippen molar-refractivity contribution in [1.82, 2.24) is 4.90 Å². The first-order chi connectivity index (χ1) is 9.56. The standard InChI is InChI=1S/C16H17BrFNO/c1-19(10-12-7-8-15(18)14(17)9-12)11-16(20)13-5-3-2-4-6-13/h2-9,16,20H,10-11H2,1H3. The normalized spacial score (nSPS) is 12.7. The second kappa shape index (κ2) is 6.97. The van der Waals surface area contributed by atoms with Crippen molar-refractivity contribution in [3.8, 4) is 0 Å². The molecular weight excluding hydrogens is 321 g/mol. The highest BCUT2D eigenvalue weighted by Gasteiger charge is 2.11. The van der Waals surface area contributed by atoms with E-state index in [0.29, 0.717) is 17.6 Å². The minimum atomic E-state index is -0.523. The summed E-state index contributed by atoms with van der Waals surface area (Å²) in [6, 6.07) is 14.5. The number of hydrogen-bond donors (Lipinski definition) is 1. The maximum absolute atomic E-state index is 13.2. The zero-order valence-corrected chi connectivity index (χ0v) is 12.8. The molecule has 0 aliphatic heterocycles. The Balaban J connectivity index is 1.95. The number of aliphatic hydroxyl groups is 1. The van der Waals surface area contributed by atoms with Gasteiger partial charge in [0.15, 0.2) is 0 Å². The fourth-order valence-corrected chi connectivity index (χ4v) is 2.52. The van der Waals surface area contributed by atoms with E-state index in [2.05, 4.69) is 15.9 Å². The fourth-order valence-electron chi connectivity index (χ4n) is 2.09. The minimum absolute atomic E-state index is 0.263. The van der Waals surface area contributed by atoms with Crippen molar-refractivity contribution in [3.63, 3.8) is 0 Å². The summed E-state index contributed by atoms with van der Waals surface area (Å²) in [4.78, 5) is 2.01. The largest absolute Gasteiger partial charge is 0.387 e. The van der Waals surface area contributed by atoms with Crippen LogP contribution in [0.2, 0.25) is 0 Å². The lowest BCUT2D eigenvalue weighted by molar-refractivity contribution is 0.124. The average Bonchev–Trinajstić information content (AvgIpc) is 2.44. The summed E-state index contributed by atoms with van der Waals surface area (Å²) in [7, 11) is 1.93. The van der Waals surface area contributed by atoms with E-state index in [-0.39, 0.29) is 5.82 Å². The lowest BCUT2D eigenvalue weighted by Crippen LogP contribution is -2.24. The van der Waals surface area contributed by atoms with Crippen molar-refractivity contribution in [2.24, 2.45) is 0 Å². The summed E-state index contributed by atoms with van der Waals surface area (Å²) < 4.78 is 13.6. The number of halogens is 2. The van der Waals surface area contributed by atoms with Gasteiger partial charge < -0.3 is 5.11 Å². The van der Waals surface area contributed by atoms with E-state index < -0.39 is 6.10 Å². The van der Waals surface area contributed by atoms with E-state index in [9.17, 15) is 9.50 Å². The Morgan fingerprint density at radius 3 is 2.55 bits per heavy atom. The van der Waals surface area contributed by atoms with Crippen molar-refractivity contribution < 1.29 is 9.50 Å². The molecular formula is C16H17BrFNO. The molecule has 0 aromatic heterocycles. The Hall–Kier alpha value is -1.23. The molecule has 0 saturated heterocycles. The number of aliphatic hydroxyl groups excluding tert-OH is 1. The van der Waals surface area contributed by atoms with Crippen molar-refractivity contribution >= 4 is 15.9 Å². The fraction of sp³-hybridized carbons (Fsp3) is 0.250. The maximum atomic E-state index is 13.2. The van der Waals surface area contributed by atoms with E-state index >= 15 is 0 Å². The van der Waals surface area contributed by atoms with Gasteiger partial charge in [-0.3, -0.25) is 4.90 Å². The number of rotatable bonds is 5. The second-order valence-electron chi connectivity index (χ2n) is 4.87. The van der Waals surface area contributed by atoms with Crippen LogP contribution in [0.25, 0.3) is 0 Å². The SMILES string of the molecule is CN(Cc1ccc(F)c(Br)c1)CC(O)c1ccccc1. The molecule has 2 aromatic carbocycles. The Labute approximate surface area is 127 Å². The molecule has 1 atom stereocenters. The van der Waals surface area contributed by atoms with Crippen molar-refractivity contribution in [2.75, 3.05) is 13.6 Å². The zero-order valence-electron chi connectivity index (χ0n) is 11.3. The quantitative estimate of drug-likeness (QED) is 0.898. The van der Waals surface area contributed by atoms with Crippen LogP contribution in [0, 0.1) is 5.82 Å². The summed E-state index contributed by atoms with van der Waals surface area (Å²) >= 11 is 3.18. The Morgan fingerprint density at radius 2 is 1.90 bits per heavy atom. The van der Waals surface area contributed by atoms with Gasteiger partial charge in [0.25, 0.3) is 0 Å². The molecule has 4 heteroatoms. The second-order valence-corrected chi connectivity index (χ2v) is 5.73. The third-order valence-electron chi connectivity index (χ3n) is 3.11. The van der Waals surface area contributed by atoms with Gasteiger partial charge >= 0.3 is 0 Å². The van der Waals surface area contributed by atoms with Gasteiger partial charge in [-0.1, -0.05) is 36.4 Å². The molecule has 1 unspecified atom stereocenters. The van der Waals surface area contributed by atoms with Crippen LogP contribution in [0.1, 0.15) is 17.2 Å². The van der Waals surface area contributed by atoms with Gasteiger partial charge in [-0.05, 0) is 46.2 Å². The number of likely N-dealkylation sites (N-methyl/N-ethyl adjacent to an activating group) is 1. The van der Waals surface area contributed by atoms with Crippen molar-refractivity contribution in [1.29, 1.82) is 0 Å². The molecule has 0 amide bonds. The highest BCUT2D eigenvalue weighted by Crippen LogP contribution is 2.19. The van der Waals surface area contributed by atoms with Gasteiger partial charge in [-0.15, -0.1) is 0 Å². The average molecular weight is 338 g/mol. The molecule has 106 valence electrons. The van der Waals surface area contributed by atoms with Crippen LogP contribution in [0.5, 0.6) is 0 Å². The van der Waals surface area contributed by atoms with Crippen LogP contribution in [-0.4, -0.2) is 23.6 Å². The van der Waals surface area contributed by atoms with E-state index in [0.717, 1.165) is 11.1 Å². The number of hydrogen-bond acceptors (Lipinski definition) is 2. The van der Waals surface area contributed by atoms with Crippen LogP contribution >= 0.6 is 15.9 Å². The summed E-state index contributed by atoms with van der Waals surface area (Å²) in [5.74, 6) is -0.263. The summed E-state index contributed by atoms with van der Waals surface area (Å²) in [5.41, 5.74) is 1.90. The molecule has 2 rings (SSSR count). The van der Waals surface area contributed by atoms with E-state index in [4.69, 9.17) is 0 Å². The zero-order chi connectivity index (χ0) is 14.5. The molecule has 0 fully saturated rings. The van der Waals surface area contributed by atoms with E-state index in [1.54, 1.807) is 12.1 Å². The molecule has 2 aromatic rings. The molecule has 1 N–H and O–H groups in total. The summed E-state index contributed by atoms with van der Waals surface area (Å²) in [6.07, 6.45) is -0.523. The first-order valence-corrected chi connectivity index (χ1v) is 7.21. The van der Waals surface area contributed by atoms with Gasteiger partial charge in [-0.2, -0.15) is 0 Å². The van der Waals surface area contributed by atoms with Crippen LogP contribution in [0.4, 0.5) is 4.39 Å². The molecule has 20 heavy (non-hydrogen) atoms. The molecule has 0 bridgehead atoms. The van der Waals surface area contributed by atoms with Crippen LogP contribution < -0.4 is 0 Å². The smallest absolute Gasteiger partial charge is 0.137 e. The molecule has 0 saturated carbocycles. The first kappa shape index (κ1) is 15.2. The summed E-state index contributed by atoms with van der Waals surface area (Å²) in [5, 5.41) is 10.2. The molecule has 2 nitrogen and oxygen atoms in total. The van der Waals surface area contributed by atoms with Gasteiger partial charge in [-0.25, -0.2) is 4.39 Å². The topological polar surface area (TPSA) is 23.5 Å². The molecule has 0 aliphatic rings. The lowest BCUT2D eigenvalue weighted by Gasteiger charge is -2.21.